The van der Waals surface area contributed by atoms with E-state index in [1.54, 1.807) is 7.11 Å². The van der Waals surface area contributed by atoms with Gasteiger partial charge < -0.3 is 19.3 Å². The molecule has 5 nitrogen and oxygen atoms in total. The van der Waals surface area contributed by atoms with E-state index in [2.05, 4.69) is 35.9 Å². The number of nitrogens with zero attached hydrogens (tertiary/aromatic N) is 2. The lowest BCUT2D eigenvalue weighted by Crippen LogP contribution is -3.12. The molecule has 1 aliphatic heterocycles. The Morgan fingerprint density at radius 1 is 1.14 bits per heavy atom. The average molecular weight is 378 g/mol. The highest BCUT2D eigenvalue weighted by Gasteiger charge is 2.27. The number of imidazole rings is 1. The van der Waals surface area contributed by atoms with Gasteiger partial charge in [-0.1, -0.05) is 42.5 Å². The number of ether oxygens (including phenoxy) is 1. The van der Waals surface area contributed by atoms with Crippen LogP contribution in [0.15, 0.2) is 54.6 Å². The average Bonchev–Trinajstić information content (AvgIpc) is 3.03. The van der Waals surface area contributed by atoms with Gasteiger partial charge in [-0.15, -0.1) is 0 Å². The van der Waals surface area contributed by atoms with Crippen LogP contribution in [0.1, 0.15) is 34.4 Å². The molecule has 0 saturated carbocycles. The second kappa shape index (κ2) is 8.17. The Bertz CT molecular complexity index is 919. The van der Waals surface area contributed by atoms with E-state index in [9.17, 15) is 5.11 Å². The highest BCUT2D eigenvalue weighted by atomic mass is 16.5. The molecule has 0 radical (unpaired) electrons. The maximum absolute atomic E-state index is 10.7. The van der Waals surface area contributed by atoms with Gasteiger partial charge in [0.1, 0.15) is 36.5 Å². The molecule has 5 heteroatoms. The minimum atomic E-state index is -0.477. The minimum absolute atomic E-state index is 0.477. The SMILES string of the molecule is COc1ccc([C@@H](O)C[NH+]2CCc3c(nc(Cc4ccccc4)n3C)C2)cc1. The number of benzene rings is 2. The lowest BCUT2D eigenvalue weighted by molar-refractivity contribution is -0.920. The summed E-state index contributed by atoms with van der Waals surface area (Å²) >= 11 is 0. The number of quaternary nitrogens is 1. The Balaban J connectivity index is 1.43. The van der Waals surface area contributed by atoms with Crippen molar-refractivity contribution in [3.8, 4) is 5.75 Å². The van der Waals surface area contributed by atoms with E-state index in [4.69, 9.17) is 9.72 Å². The summed E-state index contributed by atoms with van der Waals surface area (Å²) in [5.41, 5.74) is 4.74. The summed E-state index contributed by atoms with van der Waals surface area (Å²) in [6.07, 6.45) is 1.38. The van der Waals surface area contributed by atoms with Crippen LogP contribution < -0.4 is 9.64 Å². The lowest BCUT2D eigenvalue weighted by atomic mass is 10.1. The summed E-state index contributed by atoms with van der Waals surface area (Å²) in [7, 11) is 3.78. The highest BCUT2D eigenvalue weighted by molar-refractivity contribution is 5.28. The summed E-state index contributed by atoms with van der Waals surface area (Å²) in [5, 5.41) is 10.7. The first-order valence-electron chi connectivity index (χ1n) is 9.87. The van der Waals surface area contributed by atoms with Crippen molar-refractivity contribution >= 4 is 0 Å². The molecule has 0 saturated heterocycles. The van der Waals surface area contributed by atoms with Crippen LogP contribution in [0.4, 0.5) is 0 Å². The molecule has 0 fully saturated rings. The zero-order valence-electron chi connectivity index (χ0n) is 16.6. The maximum atomic E-state index is 10.7. The van der Waals surface area contributed by atoms with Gasteiger partial charge >= 0.3 is 0 Å². The second-order valence-electron chi connectivity index (χ2n) is 7.56. The Labute approximate surface area is 166 Å². The van der Waals surface area contributed by atoms with E-state index in [1.807, 2.05) is 30.3 Å². The van der Waals surface area contributed by atoms with Crippen molar-refractivity contribution in [2.24, 2.45) is 7.05 Å². The number of aliphatic hydroxyl groups excluding tert-OH is 1. The van der Waals surface area contributed by atoms with Crippen LogP contribution >= 0.6 is 0 Å². The largest absolute Gasteiger partial charge is 0.497 e. The van der Waals surface area contributed by atoms with E-state index in [0.29, 0.717) is 6.54 Å². The predicted molar refractivity (Wildman–Crippen MR) is 109 cm³/mol. The van der Waals surface area contributed by atoms with E-state index >= 15 is 0 Å². The van der Waals surface area contributed by atoms with Crippen LogP contribution in [-0.2, 0) is 26.4 Å². The highest BCUT2D eigenvalue weighted by Crippen LogP contribution is 2.18. The van der Waals surface area contributed by atoms with Gasteiger partial charge in [0.15, 0.2) is 0 Å². The number of aromatic nitrogens is 2. The van der Waals surface area contributed by atoms with Crippen molar-refractivity contribution in [2.45, 2.75) is 25.5 Å². The van der Waals surface area contributed by atoms with Crippen LogP contribution in [0.5, 0.6) is 5.75 Å². The molecule has 2 N–H and O–H groups in total. The number of hydrogen-bond acceptors (Lipinski definition) is 3. The smallest absolute Gasteiger partial charge is 0.128 e. The number of fused-ring (bicyclic) bond motifs is 1. The van der Waals surface area contributed by atoms with E-state index in [1.165, 1.54) is 21.9 Å². The number of aliphatic hydroxyl groups is 1. The monoisotopic (exact) mass is 378 g/mol. The van der Waals surface area contributed by atoms with Crippen LogP contribution in [-0.4, -0.2) is 34.9 Å². The number of methoxy groups -OCH3 is 1. The third-order valence-electron chi connectivity index (χ3n) is 5.71. The Kier molecular flexibility index (Phi) is 5.46. The van der Waals surface area contributed by atoms with Crippen LogP contribution in [0.25, 0.3) is 0 Å². The molecule has 3 aromatic rings. The van der Waals surface area contributed by atoms with Crippen molar-refractivity contribution in [2.75, 3.05) is 20.2 Å². The van der Waals surface area contributed by atoms with Gasteiger partial charge in [-0.25, -0.2) is 4.98 Å². The van der Waals surface area contributed by atoms with E-state index in [-0.39, 0.29) is 0 Å². The zero-order valence-corrected chi connectivity index (χ0v) is 16.6. The molecule has 0 amide bonds. The quantitative estimate of drug-likeness (QED) is 0.686. The van der Waals surface area contributed by atoms with Gasteiger partial charge in [0.05, 0.1) is 19.3 Å². The first-order valence-corrected chi connectivity index (χ1v) is 9.87. The van der Waals surface area contributed by atoms with Gasteiger partial charge in [-0.2, -0.15) is 0 Å². The fraction of sp³-hybridized carbons (Fsp3) is 0.348. The third kappa shape index (κ3) is 3.96. The molecule has 2 atom stereocenters. The Morgan fingerprint density at radius 3 is 2.61 bits per heavy atom. The molecule has 0 bridgehead atoms. The van der Waals surface area contributed by atoms with Crippen molar-refractivity contribution in [1.82, 2.24) is 9.55 Å². The summed E-state index contributed by atoms with van der Waals surface area (Å²) in [4.78, 5) is 6.32. The molecule has 146 valence electrons. The molecule has 2 aromatic carbocycles. The molecule has 2 heterocycles. The topological polar surface area (TPSA) is 51.7 Å². The minimum Gasteiger partial charge on any atom is -0.497 e. The summed E-state index contributed by atoms with van der Waals surface area (Å²) < 4.78 is 7.46. The first kappa shape index (κ1) is 18.7. The molecule has 1 unspecified atom stereocenters. The standard InChI is InChI=1S/C23H27N3O2/c1-25-21-12-13-26(16-22(27)18-8-10-19(28-2)11-9-18)15-20(21)24-23(25)14-17-6-4-3-5-7-17/h3-11,22,27H,12-16H2,1-2H3/p+1/t22-/m0/s1. The molecular formula is C23H28N3O2+. The molecular weight excluding hydrogens is 350 g/mol. The fourth-order valence-corrected chi connectivity index (χ4v) is 4.05. The van der Waals surface area contributed by atoms with Gasteiger partial charge in [0, 0.05) is 19.9 Å². The van der Waals surface area contributed by atoms with Gasteiger partial charge in [-0.05, 0) is 23.3 Å². The van der Waals surface area contributed by atoms with Crippen molar-refractivity contribution in [3.05, 3.63) is 82.9 Å². The zero-order chi connectivity index (χ0) is 19.5. The van der Waals surface area contributed by atoms with Crippen molar-refractivity contribution in [1.29, 1.82) is 0 Å². The van der Waals surface area contributed by atoms with Crippen LogP contribution in [0, 0.1) is 0 Å². The normalized spacial score (nSPS) is 17.2. The summed E-state index contributed by atoms with van der Waals surface area (Å²) in [6.45, 7) is 2.58. The van der Waals surface area contributed by atoms with Crippen LogP contribution in [0.2, 0.25) is 0 Å². The maximum Gasteiger partial charge on any atom is 0.128 e. The number of nitrogens with one attached hydrogen (secondary N) is 1. The van der Waals surface area contributed by atoms with Crippen molar-refractivity contribution < 1.29 is 14.7 Å². The predicted octanol–water partition coefficient (Wildman–Crippen LogP) is 1.69. The van der Waals surface area contributed by atoms with E-state index < -0.39 is 6.10 Å². The summed E-state index contributed by atoms with van der Waals surface area (Å²) in [5.74, 6) is 1.93. The van der Waals surface area contributed by atoms with E-state index in [0.717, 1.165) is 43.1 Å². The molecule has 1 aromatic heterocycles. The molecule has 0 aliphatic carbocycles. The number of hydrogen-bond donors (Lipinski definition) is 2. The van der Waals surface area contributed by atoms with Crippen LogP contribution in [0.3, 0.4) is 0 Å². The Hall–Kier alpha value is -2.63. The second-order valence-corrected chi connectivity index (χ2v) is 7.56. The molecule has 28 heavy (non-hydrogen) atoms. The molecule has 4 rings (SSSR count). The van der Waals surface area contributed by atoms with Gasteiger partial charge in [-0.3, -0.25) is 0 Å². The molecule has 0 spiro atoms. The third-order valence-corrected chi connectivity index (χ3v) is 5.71. The summed E-state index contributed by atoms with van der Waals surface area (Å²) in [6, 6.07) is 18.2. The van der Waals surface area contributed by atoms with Gasteiger partial charge in [0.2, 0.25) is 0 Å². The van der Waals surface area contributed by atoms with Gasteiger partial charge in [0.25, 0.3) is 0 Å². The Morgan fingerprint density at radius 2 is 1.89 bits per heavy atom. The fourth-order valence-electron chi connectivity index (χ4n) is 4.05. The molecule has 1 aliphatic rings. The van der Waals surface area contributed by atoms with Crippen molar-refractivity contribution in [3.63, 3.8) is 0 Å². The lowest BCUT2D eigenvalue weighted by Gasteiger charge is -2.26. The number of rotatable bonds is 6. The first-order chi connectivity index (χ1) is 13.6.